The second kappa shape index (κ2) is 9.53. The molecule has 0 radical (unpaired) electrons. The molecule has 0 fully saturated rings. The average molecular weight is 425 g/mol. The molecule has 0 saturated heterocycles. The van der Waals surface area contributed by atoms with E-state index in [0.717, 1.165) is 0 Å². The minimum atomic E-state index is -0.799. The fraction of sp³-hybridized carbons (Fsp3) is 0.529. The fourth-order valence-electron chi connectivity index (χ4n) is 2.00. The zero-order valence-electron chi connectivity index (χ0n) is 15.4. The lowest BCUT2D eigenvalue weighted by Gasteiger charge is -2.26. The Kier molecular flexibility index (Phi) is 8.31. The molecule has 2 amide bonds. The van der Waals surface area contributed by atoms with Gasteiger partial charge in [-0.25, -0.2) is 4.79 Å². The Morgan fingerprint density at radius 2 is 1.69 bits per heavy atom. The number of ether oxygens (including phenoxy) is 1. The molecule has 0 heterocycles. The molecule has 1 aromatic rings. The van der Waals surface area contributed by atoms with Crippen molar-refractivity contribution < 1.29 is 14.3 Å². The summed E-state index contributed by atoms with van der Waals surface area (Å²) >= 11 is 18.0. The Balaban J connectivity index is 2.83. The van der Waals surface area contributed by atoms with Crippen molar-refractivity contribution in [1.29, 1.82) is 0 Å². The summed E-state index contributed by atoms with van der Waals surface area (Å²) in [5, 5.41) is 3.48. The largest absolute Gasteiger partial charge is 0.444 e. The number of amides is 2. The molecule has 0 spiro atoms. The van der Waals surface area contributed by atoms with E-state index >= 15 is 0 Å². The van der Waals surface area contributed by atoms with E-state index in [-0.39, 0.29) is 16.0 Å². The lowest BCUT2D eigenvalue weighted by molar-refractivity contribution is -0.123. The summed E-state index contributed by atoms with van der Waals surface area (Å²) in [4.78, 5) is 24.6. The Morgan fingerprint density at radius 3 is 2.15 bits per heavy atom. The van der Waals surface area contributed by atoms with Crippen LogP contribution < -0.4 is 16.2 Å². The van der Waals surface area contributed by atoms with Gasteiger partial charge >= 0.3 is 6.09 Å². The van der Waals surface area contributed by atoms with Gasteiger partial charge in [-0.2, -0.15) is 0 Å². The highest BCUT2D eigenvalue weighted by atomic mass is 35.5. The molecule has 0 aromatic heterocycles. The molecule has 0 aliphatic rings. The highest BCUT2D eigenvalue weighted by molar-refractivity contribution is 6.41. The van der Waals surface area contributed by atoms with Crippen molar-refractivity contribution in [2.75, 3.05) is 5.43 Å². The third kappa shape index (κ3) is 7.09. The van der Waals surface area contributed by atoms with Crippen LogP contribution in [0.2, 0.25) is 15.1 Å². The number of alkyl carbamates (subject to hydrolysis) is 1. The number of halogens is 3. The molecule has 9 heteroatoms. The van der Waals surface area contributed by atoms with Crippen LogP contribution in [0.4, 0.5) is 10.5 Å². The predicted octanol–water partition coefficient (Wildman–Crippen LogP) is 5.03. The standard InChI is InChI=1S/C17H24Cl3N3O3/c1-6-9(2)13(21-16(25)26-17(3,4)5)15(24)23-22-14-11(19)7-10(18)8-12(14)20/h7-9,13,22H,6H2,1-5H3,(H,21,25)(H,23,24). The first kappa shape index (κ1) is 22.7. The number of nitrogens with one attached hydrogen (secondary N) is 3. The number of benzene rings is 1. The minimum absolute atomic E-state index is 0.125. The van der Waals surface area contributed by atoms with Crippen LogP contribution in [0.1, 0.15) is 41.0 Å². The lowest BCUT2D eigenvalue weighted by Crippen LogP contribution is -2.52. The molecule has 0 bridgehead atoms. The van der Waals surface area contributed by atoms with Crippen molar-refractivity contribution in [3.05, 3.63) is 27.2 Å². The van der Waals surface area contributed by atoms with E-state index in [1.165, 1.54) is 12.1 Å². The first-order valence-electron chi connectivity index (χ1n) is 8.14. The molecule has 2 atom stereocenters. The number of anilines is 1. The molecule has 2 unspecified atom stereocenters. The molecule has 0 aliphatic carbocycles. The first-order chi connectivity index (χ1) is 11.9. The van der Waals surface area contributed by atoms with Crippen molar-refractivity contribution in [3.8, 4) is 0 Å². The number of hydrazine groups is 1. The van der Waals surface area contributed by atoms with E-state index in [1.807, 2.05) is 13.8 Å². The molecule has 26 heavy (non-hydrogen) atoms. The molecule has 146 valence electrons. The maximum absolute atomic E-state index is 12.6. The third-order valence-corrected chi connectivity index (χ3v) is 4.30. The lowest BCUT2D eigenvalue weighted by atomic mass is 9.99. The van der Waals surface area contributed by atoms with Gasteiger partial charge in [0, 0.05) is 5.02 Å². The van der Waals surface area contributed by atoms with Crippen molar-refractivity contribution in [1.82, 2.24) is 10.7 Å². The van der Waals surface area contributed by atoms with E-state index in [9.17, 15) is 9.59 Å². The molecular weight excluding hydrogens is 401 g/mol. The van der Waals surface area contributed by atoms with Gasteiger partial charge in [-0.1, -0.05) is 55.1 Å². The second-order valence-corrected chi connectivity index (χ2v) is 8.12. The van der Waals surface area contributed by atoms with Crippen LogP contribution in [0.3, 0.4) is 0 Å². The van der Waals surface area contributed by atoms with Gasteiger partial charge in [-0.15, -0.1) is 0 Å². The van der Waals surface area contributed by atoms with Crippen molar-refractivity contribution in [2.24, 2.45) is 5.92 Å². The molecule has 3 N–H and O–H groups in total. The van der Waals surface area contributed by atoms with Crippen LogP contribution in [-0.2, 0) is 9.53 Å². The monoisotopic (exact) mass is 423 g/mol. The zero-order valence-corrected chi connectivity index (χ0v) is 17.6. The highest BCUT2D eigenvalue weighted by Gasteiger charge is 2.28. The Labute approximate surface area is 168 Å². The fourth-order valence-corrected chi connectivity index (χ4v) is 2.91. The van der Waals surface area contributed by atoms with E-state index < -0.39 is 23.6 Å². The topological polar surface area (TPSA) is 79.5 Å². The summed E-state index contributed by atoms with van der Waals surface area (Å²) < 4.78 is 5.22. The van der Waals surface area contributed by atoms with Gasteiger partial charge in [0.15, 0.2) is 0 Å². The maximum Gasteiger partial charge on any atom is 0.408 e. The highest BCUT2D eigenvalue weighted by Crippen LogP contribution is 2.33. The van der Waals surface area contributed by atoms with Gasteiger partial charge in [-0.3, -0.25) is 15.6 Å². The van der Waals surface area contributed by atoms with Crippen molar-refractivity contribution >= 4 is 52.5 Å². The maximum atomic E-state index is 12.6. The molecule has 1 aromatic carbocycles. The third-order valence-electron chi connectivity index (χ3n) is 3.49. The van der Waals surface area contributed by atoms with Crippen LogP contribution in [0.15, 0.2) is 12.1 Å². The summed E-state index contributed by atoms with van der Waals surface area (Å²) in [5.74, 6) is -0.576. The molecule has 6 nitrogen and oxygen atoms in total. The predicted molar refractivity (Wildman–Crippen MR) is 106 cm³/mol. The zero-order chi connectivity index (χ0) is 20.1. The Hall–Kier alpha value is -1.37. The quantitative estimate of drug-likeness (QED) is 0.560. The molecule has 0 aliphatic heterocycles. The van der Waals surface area contributed by atoms with Crippen LogP contribution in [0.5, 0.6) is 0 Å². The summed E-state index contributed by atoms with van der Waals surface area (Å²) in [6.45, 7) is 9.01. The normalized spacial score (nSPS) is 13.5. The number of hydrogen-bond acceptors (Lipinski definition) is 4. The van der Waals surface area contributed by atoms with Crippen molar-refractivity contribution in [3.63, 3.8) is 0 Å². The van der Waals surface area contributed by atoms with Crippen molar-refractivity contribution in [2.45, 2.75) is 52.7 Å². The van der Waals surface area contributed by atoms with E-state index in [2.05, 4.69) is 16.2 Å². The molecular formula is C17H24Cl3N3O3. The number of carbonyl (C=O) groups excluding carboxylic acids is 2. The van der Waals surface area contributed by atoms with Gasteiger partial charge in [0.25, 0.3) is 5.91 Å². The SMILES string of the molecule is CCC(C)C(NC(=O)OC(C)(C)C)C(=O)NNc1c(Cl)cc(Cl)cc1Cl. The van der Waals surface area contributed by atoms with Gasteiger partial charge in [0.1, 0.15) is 11.6 Å². The van der Waals surface area contributed by atoms with Gasteiger partial charge in [-0.05, 0) is 38.8 Å². The number of hydrogen-bond donors (Lipinski definition) is 3. The number of rotatable bonds is 6. The summed E-state index contributed by atoms with van der Waals surface area (Å²) in [6, 6.07) is 2.19. The number of carbonyl (C=O) groups is 2. The van der Waals surface area contributed by atoms with Gasteiger partial charge in [0.05, 0.1) is 15.7 Å². The summed E-state index contributed by atoms with van der Waals surface area (Å²) in [5.41, 5.74) is 4.84. The van der Waals surface area contributed by atoms with Crippen LogP contribution in [-0.4, -0.2) is 23.6 Å². The average Bonchev–Trinajstić information content (AvgIpc) is 2.48. The summed E-state index contributed by atoms with van der Waals surface area (Å²) in [6.07, 6.45) is 0.0107. The van der Waals surface area contributed by atoms with E-state index in [1.54, 1.807) is 20.8 Å². The van der Waals surface area contributed by atoms with E-state index in [0.29, 0.717) is 17.1 Å². The second-order valence-electron chi connectivity index (χ2n) is 6.87. The smallest absolute Gasteiger partial charge is 0.408 e. The molecule has 1 rings (SSSR count). The van der Waals surface area contributed by atoms with Crippen LogP contribution in [0.25, 0.3) is 0 Å². The van der Waals surface area contributed by atoms with E-state index in [4.69, 9.17) is 39.5 Å². The minimum Gasteiger partial charge on any atom is -0.444 e. The van der Waals surface area contributed by atoms with Crippen LogP contribution in [0, 0.1) is 5.92 Å². The Morgan fingerprint density at radius 1 is 1.15 bits per heavy atom. The van der Waals surface area contributed by atoms with Crippen LogP contribution >= 0.6 is 34.8 Å². The van der Waals surface area contributed by atoms with Gasteiger partial charge in [0.2, 0.25) is 0 Å². The Bertz CT molecular complexity index is 639. The first-order valence-corrected chi connectivity index (χ1v) is 9.28. The summed E-state index contributed by atoms with van der Waals surface area (Å²) in [7, 11) is 0. The molecule has 0 saturated carbocycles. The van der Waals surface area contributed by atoms with Gasteiger partial charge < -0.3 is 10.1 Å².